The predicted molar refractivity (Wildman–Crippen MR) is 115 cm³/mol. The number of halogens is 2. The maximum absolute atomic E-state index is 9.09. The van der Waals surface area contributed by atoms with E-state index in [2.05, 4.69) is 4.98 Å². The molecular weight excluding hydrogens is 395 g/mol. The Morgan fingerprint density at radius 3 is 2.46 bits per heavy atom. The molecule has 3 rings (SSSR count). The average Bonchev–Trinajstić information content (AvgIpc) is 2.69. The standard InChI is InChI=1S/C22H22Cl2N2O2/c1-26(10-11-27)14-20-21(28-2)12-15(13-25-20)16-7-5-8-18(22(16)24)17-6-3-4-9-19(17)23/h3-9,12-13,27H,10-11,14H2,1-2H3. The third-order valence-corrected chi connectivity index (χ3v) is 5.26. The molecule has 0 fully saturated rings. The Morgan fingerprint density at radius 2 is 1.75 bits per heavy atom. The number of aliphatic hydroxyl groups excluding tert-OH is 1. The van der Waals surface area contributed by atoms with Gasteiger partial charge in [-0.2, -0.15) is 0 Å². The smallest absolute Gasteiger partial charge is 0.142 e. The first-order chi connectivity index (χ1) is 13.5. The van der Waals surface area contributed by atoms with Crippen LogP contribution in [0.5, 0.6) is 5.75 Å². The van der Waals surface area contributed by atoms with E-state index in [-0.39, 0.29) is 6.61 Å². The van der Waals surface area contributed by atoms with Gasteiger partial charge in [-0.3, -0.25) is 9.88 Å². The molecule has 0 radical (unpaired) electrons. The minimum Gasteiger partial charge on any atom is -0.495 e. The molecule has 1 heterocycles. The molecule has 1 aromatic heterocycles. The van der Waals surface area contributed by atoms with Crippen molar-refractivity contribution in [3.05, 3.63) is 70.5 Å². The summed E-state index contributed by atoms with van der Waals surface area (Å²) in [6.45, 7) is 1.25. The van der Waals surface area contributed by atoms with Crippen LogP contribution in [0.25, 0.3) is 22.3 Å². The molecule has 2 aromatic carbocycles. The molecule has 1 N–H and O–H groups in total. The lowest BCUT2D eigenvalue weighted by molar-refractivity contribution is 0.214. The second-order valence-corrected chi connectivity index (χ2v) is 7.27. The van der Waals surface area contributed by atoms with Crippen molar-refractivity contribution < 1.29 is 9.84 Å². The highest BCUT2D eigenvalue weighted by molar-refractivity contribution is 6.38. The summed E-state index contributed by atoms with van der Waals surface area (Å²) in [4.78, 5) is 6.56. The molecule has 0 aliphatic heterocycles. The minimum atomic E-state index is 0.0986. The zero-order valence-electron chi connectivity index (χ0n) is 15.8. The highest BCUT2D eigenvalue weighted by Gasteiger charge is 2.15. The number of aromatic nitrogens is 1. The van der Waals surface area contributed by atoms with Crippen LogP contribution in [0, 0.1) is 0 Å². The van der Waals surface area contributed by atoms with Crippen molar-refractivity contribution in [2.24, 2.45) is 0 Å². The van der Waals surface area contributed by atoms with Gasteiger partial charge in [0, 0.05) is 46.6 Å². The molecule has 4 nitrogen and oxygen atoms in total. The van der Waals surface area contributed by atoms with E-state index in [1.807, 2.05) is 60.5 Å². The number of likely N-dealkylation sites (N-methyl/N-ethyl adjacent to an activating group) is 1. The predicted octanol–water partition coefficient (Wildman–Crippen LogP) is 5.16. The number of methoxy groups -OCH3 is 1. The number of rotatable bonds is 7. The summed E-state index contributed by atoms with van der Waals surface area (Å²) < 4.78 is 5.54. The van der Waals surface area contributed by atoms with Gasteiger partial charge in [0.25, 0.3) is 0 Å². The van der Waals surface area contributed by atoms with Crippen molar-refractivity contribution in [3.63, 3.8) is 0 Å². The monoisotopic (exact) mass is 416 g/mol. The van der Waals surface area contributed by atoms with Crippen LogP contribution in [-0.4, -0.2) is 42.3 Å². The molecule has 0 saturated carbocycles. The van der Waals surface area contributed by atoms with Crippen molar-refractivity contribution in [1.29, 1.82) is 0 Å². The van der Waals surface area contributed by atoms with Crippen LogP contribution in [-0.2, 0) is 6.54 Å². The maximum Gasteiger partial charge on any atom is 0.142 e. The van der Waals surface area contributed by atoms with Crippen molar-refractivity contribution in [2.45, 2.75) is 6.54 Å². The number of ether oxygens (including phenoxy) is 1. The zero-order valence-corrected chi connectivity index (χ0v) is 17.3. The normalized spacial score (nSPS) is 11.1. The van der Waals surface area contributed by atoms with Crippen molar-refractivity contribution in [1.82, 2.24) is 9.88 Å². The Balaban J connectivity index is 2.00. The lowest BCUT2D eigenvalue weighted by Crippen LogP contribution is -2.22. The Morgan fingerprint density at radius 1 is 1.04 bits per heavy atom. The van der Waals surface area contributed by atoms with E-state index >= 15 is 0 Å². The van der Waals surface area contributed by atoms with E-state index in [0.29, 0.717) is 28.9 Å². The summed E-state index contributed by atoms with van der Waals surface area (Å²) in [5.41, 5.74) is 4.29. The van der Waals surface area contributed by atoms with E-state index in [1.165, 1.54) is 0 Å². The molecule has 6 heteroatoms. The van der Waals surface area contributed by atoms with Crippen LogP contribution in [0.15, 0.2) is 54.7 Å². The Kier molecular flexibility index (Phi) is 6.92. The molecule has 146 valence electrons. The van der Waals surface area contributed by atoms with Gasteiger partial charge in [0.2, 0.25) is 0 Å². The molecule has 0 atom stereocenters. The van der Waals surface area contributed by atoms with Gasteiger partial charge in [0.05, 0.1) is 24.4 Å². The zero-order chi connectivity index (χ0) is 20.1. The summed E-state index contributed by atoms with van der Waals surface area (Å²) in [7, 11) is 3.55. The molecule has 0 saturated heterocycles. The molecule has 0 unspecified atom stereocenters. The Hall–Kier alpha value is -2.11. The largest absolute Gasteiger partial charge is 0.495 e. The lowest BCUT2D eigenvalue weighted by Gasteiger charge is -2.17. The SMILES string of the molecule is COc1cc(-c2cccc(-c3ccccc3Cl)c2Cl)cnc1CN(C)CCO. The van der Waals surface area contributed by atoms with Gasteiger partial charge in [-0.25, -0.2) is 0 Å². The fourth-order valence-electron chi connectivity index (χ4n) is 3.06. The van der Waals surface area contributed by atoms with Crippen LogP contribution in [0.3, 0.4) is 0 Å². The third kappa shape index (κ3) is 4.47. The summed E-state index contributed by atoms with van der Waals surface area (Å²) in [6, 6.07) is 15.4. The second kappa shape index (κ2) is 9.39. The Labute approximate surface area is 175 Å². The van der Waals surface area contributed by atoms with Crippen LogP contribution >= 0.6 is 23.2 Å². The van der Waals surface area contributed by atoms with E-state index in [1.54, 1.807) is 13.3 Å². The number of pyridine rings is 1. The molecule has 0 aliphatic carbocycles. The van der Waals surface area contributed by atoms with Crippen LogP contribution in [0.4, 0.5) is 0 Å². The molecule has 0 aliphatic rings. The van der Waals surface area contributed by atoms with Gasteiger partial charge in [-0.05, 0) is 19.2 Å². The number of nitrogens with zero attached hydrogens (tertiary/aromatic N) is 2. The van der Waals surface area contributed by atoms with E-state index in [9.17, 15) is 0 Å². The van der Waals surface area contributed by atoms with Crippen molar-refractivity contribution >= 4 is 23.2 Å². The second-order valence-electron chi connectivity index (χ2n) is 6.48. The molecule has 0 amide bonds. The summed E-state index contributed by atoms with van der Waals surface area (Å²) in [5, 5.41) is 10.4. The molecule has 0 spiro atoms. The quantitative estimate of drug-likeness (QED) is 0.577. The first-order valence-corrected chi connectivity index (χ1v) is 9.66. The van der Waals surface area contributed by atoms with Gasteiger partial charge in [0.15, 0.2) is 0 Å². The van der Waals surface area contributed by atoms with Crippen molar-refractivity contribution in [2.75, 3.05) is 27.3 Å². The fraction of sp³-hybridized carbons (Fsp3) is 0.227. The van der Waals surface area contributed by atoms with Crippen LogP contribution < -0.4 is 4.74 Å². The van der Waals surface area contributed by atoms with E-state index < -0.39 is 0 Å². The fourth-order valence-corrected chi connectivity index (χ4v) is 3.64. The van der Waals surface area contributed by atoms with E-state index in [4.69, 9.17) is 33.0 Å². The number of benzene rings is 2. The van der Waals surface area contributed by atoms with Crippen molar-refractivity contribution in [3.8, 4) is 28.0 Å². The lowest BCUT2D eigenvalue weighted by atomic mass is 9.99. The average molecular weight is 417 g/mol. The van der Waals surface area contributed by atoms with Gasteiger partial charge in [-0.15, -0.1) is 0 Å². The highest BCUT2D eigenvalue weighted by Crippen LogP contribution is 2.39. The van der Waals surface area contributed by atoms with Crippen LogP contribution in [0.2, 0.25) is 10.0 Å². The molecule has 3 aromatic rings. The van der Waals surface area contributed by atoms with Gasteiger partial charge in [0.1, 0.15) is 5.75 Å². The maximum atomic E-state index is 9.09. The van der Waals surface area contributed by atoms with Crippen LogP contribution in [0.1, 0.15) is 5.69 Å². The number of aliphatic hydroxyl groups is 1. The van der Waals surface area contributed by atoms with Gasteiger partial charge < -0.3 is 9.84 Å². The van der Waals surface area contributed by atoms with Gasteiger partial charge in [-0.1, -0.05) is 59.6 Å². The molecular formula is C22H22Cl2N2O2. The highest BCUT2D eigenvalue weighted by atomic mass is 35.5. The molecule has 28 heavy (non-hydrogen) atoms. The topological polar surface area (TPSA) is 45.6 Å². The summed E-state index contributed by atoms with van der Waals surface area (Å²) in [6.07, 6.45) is 1.79. The number of hydrogen-bond donors (Lipinski definition) is 1. The molecule has 0 bridgehead atoms. The summed E-state index contributed by atoms with van der Waals surface area (Å²) >= 11 is 13.1. The van der Waals surface area contributed by atoms with Gasteiger partial charge >= 0.3 is 0 Å². The number of hydrogen-bond acceptors (Lipinski definition) is 4. The summed E-state index contributed by atoms with van der Waals surface area (Å²) in [5.74, 6) is 0.682. The third-order valence-electron chi connectivity index (χ3n) is 4.53. The minimum absolute atomic E-state index is 0.0986. The van der Waals surface area contributed by atoms with E-state index in [0.717, 1.165) is 27.9 Å². The first-order valence-electron chi connectivity index (χ1n) is 8.91. The Bertz CT molecular complexity index is 963. The first kappa shape index (κ1) is 20.6.